The van der Waals surface area contributed by atoms with Crippen LogP contribution in [0.1, 0.15) is 28.4 Å². The topological polar surface area (TPSA) is 20.2 Å². The van der Waals surface area contributed by atoms with Crippen molar-refractivity contribution < 1.29 is 5.11 Å². The SMILES string of the molecule is CSc1ccccc1C(O)Cc1cc(C)cc(C)c1. The van der Waals surface area contributed by atoms with Gasteiger partial charge in [0.25, 0.3) is 0 Å². The van der Waals surface area contributed by atoms with E-state index in [0.29, 0.717) is 6.42 Å². The maximum atomic E-state index is 10.5. The fourth-order valence-electron chi connectivity index (χ4n) is 2.46. The average molecular weight is 272 g/mol. The Balaban J connectivity index is 2.22. The lowest BCUT2D eigenvalue weighted by atomic mass is 9.98. The minimum absolute atomic E-state index is 0.440. The summed E-state index contributed by atoms with van der Waals surface area (Å²) in [6, 6.07) is 14.5. The fraction of sp³-hybridized carbons (Fsp3) is 0.294. The van der Waals surface area contributed by atoms with E-state index in [4.69, 9.17) is 0 Å². The second kappa shape index (κ2) is 6.27. The van der Waals surface area contributed by atoms with Gasteiger partial charge in [0.05, 0.1) is 6.10 Å². The van der Waals surface area contributed by atoms with Gasteiger partial charge in [0.2, 0.25) is 0 Å². The normalized spacial score (nSPS) is 12.4. The summed E-state index contributed by atoms with van der Waals surface area (Å²) in [4.78, 5) is 1.15. The number of rotatable bonds is 4. The Kier molecular flexibility index (Phi) is 4.67. The van der Waals surface area contributed by atoms with E-state index in [1.165, 1.54) is 16.7 Å². The van der Waals surface area contributed by atoms with Crippen molar-refractivity contribution in [3.8, 4) is 0 Å². The number of thioether (sulfide) groups is 1. The van der Waals surface area contributed by atoms with Crippen LogP contribution in [0.5, 0.6) is 0 Å². The highest BCUT2D eigenvalue weighted by Gasteiger charge is 2.12. The molecule has 0 bridgehead atoms. The number of aliphatic hydroxyl groups is 1. The molecule has 0 amide bonds. The Morgan fingerprint density at radius 3 is 2.32 bits per heavy atom. The fourth-order valence-corrected chi connectivity index (χ4v) is 3.12. The molecule has 0 saturated heterocycles. The first-order chi connectivity index (χ1) is 9.10. The largest absolute Gasteiger partial charge is 0.388 e. The Hall–Kier alpha value is -1.25. The van der Waals surface area contributed by atoms with Crippen molar-refractivity contribution in [2.45, 2.75) is 31.3 Å². The van der Waals surface area contributed by atoms with E-state index in [9.17, 15) is 5.11 Å². The highest BCUT2D eigenvalue weighted by Crippen LogP contribution is 2.28. The zero-order chi connectivity index (χ0) is 13.8. The molecule has 0 heterocycles. The first-order valence-electron chi connectivity index (χ1n) is 6.48. The van der Waals surface area contributed by atoms with E-state index in [-0.39, 0.29) is 0 Å². The summed E-state index contributed by atoms with van der Waals surface area (Å²) >= 11 is 1.68. The van der Waals surface area contributed by atoms with Gasteiger partial charge in [-0.1, -0.05) is 47.5 Å². The van der Waals surface area contributed by atoms with Crippen LogP contribution in [0.15, 0.2) is 47.4 Å². The van der Waals surface area contributed by atoms with Gasteiger partial charge in [-0.15, -0.1) is 11.8 Å². The predicted molar refractivity (Wildman–Crippen MR) is 82.8 cm³/mol. The van der Waals surface area contributed by atoms with Gasteiger partial charge >= 0.3 is 0 Å². The lowest BCUT2D eigenvalue weighted by Crippen LogP contribution is -2.03. The third-order valence-corrected chi connectivity index (χ3v) is 4.02. The number of aliphatic hydroxyl groups excluding tert-OH is 1. The van der Waals surface area contributed by atoms with Crippen LogP contribution in [0.2, 0.25) is 0 Å². The third-order valence-electron chi connectivity index (χ3n) is 3.21. The summed E-state index contributed by atoms with van der Waals surface area (Å²) in [6.07, 6.45) is 2.27. The maximum Gasteiger partial charge on any atom is 0.0841 e. The summed E-state index contributed by atoms with van der Waals surface area (Å²) in [5, 5.41) is 10.5. The first-order valence-corrected chi connectivity index (χ1v) is 7.71. The van der Waals surface area contributed by atoms with Crippen molar-refractivity contribution in [1.29, 1.82) is 0 Å². The van der Waals surface area contributed by atoms with Crippen molar-refractivity contribution in [1.82, 2.24) is 0 Å². The summed E-state index contributed by atoms with van der Waals surface area (Å²) in [7, 11) is 0. The van der Waals surface area contributed by atoms with Crippen molar-refractivity contribution in [2.75, 3.05) is 6.26 Å². The van der Waals surface area contributed by atoms with Crippen LogP contribution in [0.25, 0.3) is 0 Å². The predicted octanol–water partition coefficient (Wildman–Crippen LogP) is 4.30. The summed E-state index contributed by atoms with van der Waals surface area (Å²) < 4.78 is 0. The summed E-state index contributed by atoms with van der Waals surface area (Å²) in [5.74, 6) is 0. The van der Waals surface area contributed by atoms with Gasteiger partial charge in [0.15, 0.2) is 0 Å². The number of hydrogen-bond acceptors (Lipinski definition) is 2. The molecule has 0 aliphatic carbocycles. The Bertz CT molecular complexity index is 543. The van der Waals surface area contributed by atoms with Gasteiger partial charge < -0.3 is 5.11 Å². The summed E-state index contributed by atoms with van der Waals surface area (Å²) in [6.45, 7) is 4.19. The molecule has 0 spiro atoms. The van der Waals surface area contributed by atoms with Gasteiger partial charge in [-0.05, 0) is 37.3 Å². The molecule has 0 saturated carbocycles. The molecule has 1 atom stereocenters. The highest BCUT2D eigenvalue weighted by atomic mass is 32.2. The molecule has 2 aromatic rings. The maximum absolute atomic E-state index is 10.5. The molecule has 0 aromatic heterocycles. The lowest BCUT2D eigenvalue weighted by Gasteiger charge is -2.15. The third kappa shape index (κ3) is 3.62. The molecule has 1 N–H and O–H groups in total. The molecule has 2 rings (SSSR count). The van der Waals surface area contributed by atoms with E-state index >= 15 is 0 Å². The van der Waals surface area contributed by atoms with Crippen molar-refractivity contribution in [3.05, 3.63) is 64.7 Å². The van der Waals surface area contributed by atoms with Crippen molar-refractivity contribution in [3.63, 3.8) is 0 Å². The minimum atomic E-state index is -0.440. The molecule has 1 unspecified atom stereocenters. The molecule has 2 heteroatoms. The van der Waals surface area contributed by atoms with Gasteiger partial charge in [-0.2, -0.15) is 0 Å². The van der Waals surface area contributed by atoms with Crippen LogP contribution < -0.4 is 0 Å². The number of hydrogen-bond donors (Lipinski definition) is 1. The van der Waals surface area contributed by atoms with Crippen LogP contribution in [-0.4, -0.2) is 11.4 Å². The minimum Gasteiger partial charge on any atom is -0.388 e. The second-order valence-corrected chi connectivity index (χ2v) is 5.81. The zero-order valence-corrected chi connectivity index (χ0v) is 12.5. The van der Waals surface area contributed by atoms with Crippen LogP contribution in [0.4, 0.5) is 0 Å². The monoisotopic (exact) mass is 272 g/mol. The van der Waals surface area contributed by atoms with Gasteiger partial charge in [-0.3, -0.25) is 0 Å². The molecule has 0 aliphatic heterocycles. The highest BCUT2D eigenvalue weighted by molar-refractivity contribution is 7.98. The average Bonchev–Trinajstić information content (AvgIpc) is 2.37. The second-order valence-electron chi connectivity index (χ2n) is 4.96. The molecular formula is C17H20OS. The molecule has 1 nitrogen and oxygen atoms in total. The van der Waals surface area contributed by atoms with Crippen LogP contribution in [0, 0.1) is 13.8 Å². The lowest BCUT2D eigenvalue weighted by molar-refractivity contribution is 0.175. The molecule has 2 aromatic carbocycles. The van der Waals surface area contributed by atoms with E-state index in [0.717, 1.165) is 10.5 Å². The van der Waals surface area contributed by atoms with Gasteiger partial charge in [0.1, 0.15) is 0 Å². The number of benzene rings is 2. The van der Waals surface area contributed by atoms with Gasteiger partial charge in [0, 0.05) is 11.3 Å². The van der Waals surface area contributed by atoms with E-state index in [1.54, 1.807) is 11.8 Å². The Labute approximate surface area is 119 Å². The van der Waals surface area contributed by atoms with E-state index in [2.05, 4.69) is 38.1 Å². The van der Waals surface area contributed by atoms with E-state index < -0.39 is 6.10 Å². The van der Waals surface area contributed by atoms with Crippen LogP contribution >= 0.6 is 11.8 Å². The van der Waals surface area contributed by atoms with Crippen LogP contribution in [-0.2, 0) is 6.42 Å². The molecule has 100 valence electrons. The first kappa shape index (κ1) is 14.2. The summed E-state index contributed by atoms with van der Waals surface area (Å²) in [5.41, 5.74) is 4.72. The smallest absolute Gasteiger partial charge is 0.0841 e. The molecule has 0 radical (unpaired) electrons. The quantitative estimate of drug-likeness (QED) is 0.837. The van der Waals surface area contributed by atoms with E-state index in [1.807, 2.05) is 24.5 Å². The van der Waals surface area contributed by atoms with Crippen molar-refractivity contribution in [2.24, 2.45) is 0 Å². The Morgan fingerprint density at radius 2 is 1.68 bits per heavy atom. The van der Waals surface area contributed by atoms with Crippen molar-refractivity contribution >= 4 is 11.8 Å². The zero-order valence-electron chi connectivity index (χ0n) is 11.7. The van der Waals surface area contributed by atoms with Gasteiger partial charge in [-0.25, -0.2) is 0 Å². The standard InChI is InChI=1S/C17H20OS/c1-12-8-13(2)10-14(9-12)11-16(18)15-6-4-5-7-17(15)19-3/h4-10,16,18H,11H2,1-3H3. The number of aryl methyl sites for hydroxylation is 2. The molecule has 19 heavy (non-hydrogen) atoms. The Morgan fingerprint density at radius 1 is 1.05 bits per heavy atom. The molecule has 0 fully saturated rings. The van der Waals surface area contributed by atoms with Crippen LogP contribution in [0.3, 0.4) is 0 Å². The molecular weight excluding hydrogens is 252 g/mol. The molecule has 0 aliphatic rings.